The van der Waals surface area contributed by atoms with Crippen molar-refractivity contribution < 1.29 is 14.3 Å². The van der Waals surface area contributed by atoms with Gasteiger partial charge in [-0.05, 0) is 12.1 Å². The van der Waals surface area contributed by atoms with Crippen LogP contribution >= 0.6 is 15.9 Å². The van der Waals surface area contributed by atoms with Crippen LogP contribution in [0.5, 0.6) is 0 Å². The number of alkyl halides is 1. The summed E-state index contributed by atoms with van der Waals surface area (Å²) in [7, 11) is 0. The molecule has 0 aliphatic carbocycles. The van der Waals surface area contributed by atoms with Crippen LogP contribution in [0.4, 0.5) is 5.69 Å². The van der Waals surface area contributed by atoms with Gasteiger partial charge in [-0.3, -0.25) is 14.6 Å². The molecule has 1 aliphatic rings. The molecule has 1 unspecified atom stereocenters. The zero-order chi connectivity index (χ0) is 13.1. The molecule has 0 saturated carbocycles. The quantitative estimate of drug-likeness (QED) is 0.629. The van der Waals surface area contributed by atoms with Crippen molar-refractivity contribution in [2.24, 2.45) is 0 Å². The van der Waals surface area contributed by atoms with E-state index in [0.29, 0.717) is 18.3 Å². The third-order valence-electron chi connectivity index (χ3n) is 2.72. The second kappa shape index (κ2) is 5.48. The van der Waals surface area contributed by atoms with Crippen molar-refractivity contribution in [3.05, 3.63) is 24.0 Å². The molecule has 6 heteroatoms. The summed E-state index contributed by atoms with van der Waals surface area (Å²) in [6.45, 7) is 1.86. The molecule has 96 valence electrons. The molecule has 1 saturated heterocycles. The number of ether oxygens (including phenoxy) is 1. The van der Waals surface area contributed by atoms with Crippen molar-refractivity contribution in [1.82, 2.24) is 4.98 Å². The second-order valence-electron chi connectivity index (χ2n) is 4.02. The summed E-state index contributed by atoms with van der Waals surface area (Å²) in [5.74, 6) is -0.610. The van der Waals surface area contributed by atoms with Gasteiger partial charge in [-0.1, -0.05) is 15.9 Å². The molecular formula is C12H13BrN2O3. The molecular weight excluding hydrogens is 300 g/mol. The maximum atomic E-state index is 12.0. The Labute approximate surface area is 113 Å². The Balaban J connectivity index is 2.10. The van der Waals surface area contributed by atoms with Crippen LogP contribution in [-0.2, 0) is 19.7 Å². The maximum Gasteiger partial charge on any atom is 0.303 e. The van der Waals surface area contributed by atoms with Gasteiger partial charge in [-0.25, -0.2) is 0 Å². The van der Waals surface area contributed by atoms with E-state index in [2.05, 4.69) is 20.9 Å². The van der Waals surface area contributed by atoms with Crippen LogP contribution in [0.3, 0.4) is 0 Å². The van der Waals surface area contributed by atoms with Crippen molar-refractivity contribution in [3.63, 3.8) is 0 Å². The van der Waals surface area contributed by atoms with Crippen LogP contribution in [-0.4, -0.2) is 29.5 Å². The fourth-order valence-corrected chi connectivity index (χ4v) is 2.21. The molecule has 1 aromatic rings. The van der Waals surface area contributed by atoms with Gasteiger partial charge in [-0.15, -0.1) is 0 Å². The Morgan fingerprint density at radius 1 is 1.61 bits per heavy atom. The lowest BCUT2D eigenvalue weighted by Crippen LogP contribution is -2.31. The predicted octanol–water partition coefficient (Wildman–Crippen LogP) is 1.64. The summed E-state index contributed by atoms with van der Waals surface area (Å²) < 4.78 is 4.96. The van der Waals surface area contributed by atoms with E-state index in [0.717, 1.165) is 11.4 Å². The minimum absolute atomic E-state index is 0.182. The third kappa shape index (κ3) is 2.69. The summed E-state index contributed by atoms with van der Waals surface area (Å²) in [5.41, 5.74) is 1.64. The molecule has 1 atom stereocenters. The first-order valence-corrected chi connectivity index (χ1v) is 6.73. The van der Waals surface area contributed by atoms with Gasteiger partial charge < -0.3 is 9.64 Å². The normalized spacial score (nSPS) is 19.1. The Kier molecular flexibility index (Phi) is 3.96. The Bertz CT molecular complexity index is 461. The van der Waals surface area contributed by atoms with E-state index in [4.69, 9.17) is 4.74 Å². The second-order valence-corrected chi connectivity index (χ2v) is 4.58. The van der Waals surface area contributed by atoms with E-state index in [1.807, 2.05) is 12.1 Å². The topological polar surface area (TPSA) is 59.5 Å². The number of halogens is 1. The molecule has 0 aromatic carbocycles. The molecule has 5 nitrogen and oxygen atoms in total. The summed E-state index contributed by atoms with van der Waals surface area (Å²) in [5, 5.41) is 0.678. The van der Waals surface area contributed by atoms with Crippen LogP contribution in [0, 0.1) is 0 Å². The number of pyridine rings is 1. The fourth-order valence-electron chi connectivity index (χ4n) is 1.88. The highest BCUT2D eigenvalue weighted by Crippen LogP contribution is 2.23. The average Bonchev–Trinajstić information content (AvgIpc) is 2.71. The number of esters is 1. The van der Waals surface area contributed by atoms with Gasteiger partial charge in [0.25, 0.3) is 5.91 Å². The summed E-state index contributed by atoms with van der Waals surface area (Å²) in [4.78, 5) is 28.7. The highest BCUT2D eigenvalue weighted by molar-refractivity contribution is 9.08. The molecule has 0 spiro atoms. The maximum absolute atomic E-state index is 12.0. The first kappa shape index (κ1) is 13.0. The smallest absolute Gasteiger partial charge is 0.303 e. The lowest BCUT2D eigenvalue weighted by atomic mass is 10.3. The number of carbonyl (C=O) groups excluding carboxylic acids is 2. The molecule has 0 radical (unpaired) electrons. The Hall–Kier alpha value is -1.43. The van der Waals surface area contributed by atoms with Crippen LogP contribution < -0.4 is 4.90 Å². The number of amides is 1. The predicted molar refractivity (Wildman–Crippen MR) is 69.4 cm³/mol. The number of carbonyl (C=O) groups is 2. The van der Waals surface area contributed by atoms with Gasteiger partial charge in [0.1, 0.15) is 0 Å². The van der Waals surface area contributed by atoms with Gasteiger partial charge in [0, 0.05) is 25.2 Å². The average molecular weight is 313 g/mol. The summed E-state index contributed by atoms with van der Waals surface area (Å²) in [6, 6.07) is 3.70. The molecule has 1 aliphatic heterocycles. The molecule has 0 bridgehead atoms. The SMILES string of the molecule is CC(=O)OC1CCN(c2ccc(CBr)nc2)C1=O. The zero-order valence-corrected chi connectivity index (χ0v) is 11.5. The van der Waals surface area contributed by atoms with E-state index in [9.17, 15) is 9.59 Å². The number of nitrogens with zero attached hydrogens (tertiary/aromatic N) is 2. The van der Waals surface area contributed by atoms with E-state index in [1.54, 1.807) is 11.1 Å². The molecule has 1 fully saturated rings. The van der Waals surface area contributed by atoms with Gasteiger partial charge in [0.05, 0.1) is 17.6 Å². The summed E-state index contributed by atoms with van der Waals surface area (Å²) >= 11 is 3.31. The van der Waals surface area contributed by atoms with Gasteiger partial charge in [-0.2, -0.15) is 0 Å². The van der Waals surface area contributed by atoms with Crippen molar-refractivity contribution in [2.75, 3.05) is 11.4 Å². The Morgan fingerprint density at radius 3 is 2.94 bits per heavy atom. The number of hydrogen-bond acceptors (Lipinski definition) is 4. The van der Waals surface area contributed by atoms with E-state index in [1.165, 1.54) is 6.92 Å². The summed E-state index contributed by atoms with van der Waals surface area (Å²) in [6.07, 6.45) is 1.53. The highest BCUT2D eigenvalue weighted by atomic mass is 79.9. The van der Waals surface area contributed by atoms with Crippen molar-refractivity contribution in [1.29, 1.82) is 0 Å². The number of hydrogen-bond donors (Lipinski definition) is 0. The lowest BCUT2D eigenvalue weighted by molar-refractivity contribution is -0.151. The largest absolute Gasteiger partial charge is 0.452 e. The van der Waals surface area contributed by atoms with Crippen LogP contribution in [0.1, 0.15) is 19.0 Å². The van der Waals surface area contributed by atoms with Crippen LogP contribution in [0.2, 0.25) is 0 Å². The van der Waals surface area contributed by atoms with Gasteiger partial charge >= 0.3 is 5.97 Å². The van der Waals surface area contributed by atoms with E-state index < -0.39 is 12.1 Å². The van der Waals surface area contributed by atoms with Gasteiger partial charge in [0.15, 0.2) is 6.10 Å². The third-order valence-corrected chi connectivity index (χ3v) is 3.30. The monoisotopic (exact) mass is 312 g/mol. The standard InChI is InChI=1S/C12H13BrN2O3/c1-8(16)18-11-4-5-15(12(11)17)10-3-2-9(6-13)14-7-10/h2-3,7,11H,4-6H2,1H3. The van der Waals surface area contributed by atoms with Crippen molar-refractivity contribution in [2.45, 2.75) is 24.8 Å². The van der Waals surface area contributed by atoms with Crippen LogP contribution in [0.15, 0.2) is 18.3 Å². The van der Waals surface area contributed by atoms with Crippen molar-refractivity contribution in [3.8, 4) is 0 Å². The zero-order valence-electron chi connectivity index (χ0n) is 9.93. The van der Waals surface area contributed by atoms with E-state index >= 15 is 0 Å². The fraction of sp³-hybridized carbons (Fsp3) is 0.417. The minimum atomic E-state index is -0.654. The molecule has 18 heavy (non-hydrogen) atoms. The Morgan fingerprint density at radius 2 is 2.39 bits per heavy atom. The number of anilines is 1. The molecule has 2 heterocycles. The molecule has 1 aromatic heterocycles. The number of aromatic nitrogens is 1. The first-order chi connectivity index (χ1) is 8.61. The number of rotatable bonds is 3. The lowest BCUT2D eigenvalue weighted by Gasteiger charge is -2.16. The highest BCUT2D eigenvalue weighted by Gasteiger charge is 2.34. The minimum Gasteiger partial charge on any atom is -0.452 e. The van der Waals surface area contributed by atoms with Crippen molar-refractivity contribution >= 4 is 33.5 Å². The molecule has 2 rings (SSSR count). The van der Waals surface area contributed by atoms with E-state index in [-0.39, 0.29) is 5.91 Å². The first-order valence-electron chi connectivity index (χ1n) is 5.61. The van der Waals surface area contributed by atoms with Crippen LogP contribution in [0.25, 0.3) is 0 Å². The van der Waals surface area contributed by atoms with Gasteiger partial charge in [0.2, 0.25) is 0 Å². The molecule has 0 N–H and O–H groups in total. The molecule has 1 amide bonds.